The molecule has 0 saturated heterocycles. The van der Waals surface area contributed by atoms with Gasteiger partial charge in [-0.3, -0.25) is 4.79 Å². The average molecular weight is 328 g/mol. The number of methoxy groups -OCH3 is 1. The lowest BCUT2D eigenvalue weighted by atomic mass is 9.92. The molecule has 0 aliphatic carbocycles. The van der Waals surface area contributed by atoms with E-state index in [1.807, 2.05) is 60.7 Å². The van der Waals surface area contributed by atoms with Crippen molar-refractivity contribution in [3.63, 3.8) is 0 Å². The predicted molar refractivity (Wildman–Crippen MR) is 99.5 cm³/mol. The van der Waals surface area contributed by atoms with Gasteiger partial charge in [-0.15, -0.1) is 0 Å². The molecule has 0 saturated carbocycles. The smallest absolute Gasteiger partial charge is 0.201 e. The fourth-order valence-corrected chi connectivity index (χ4v) is 3.28. The van der Waals surface area contributed by atoms with Crippen LogP contribution in [0.25, 0.3) is 21.5 Å². The lowest BCUT2D eigenvalue weighted by Crippen LogP contribution is -2.06. The van der Waals surface area contributed by atoms with Gasteiger partial charge in [-0.1, -0.05) is 60.7 Å². The third-order valence-electron chi connectivity index (χ3n) is 4.47. The summed E-state index contributed by atoms with van der Waals surface area (Å²) >= 11 is 0. The molecule has 4 aromatic rings. The monoisotopic (exact) mass is 328 g/mol. The summed E-state index contributed by atoms with van der Waals surface area (Å²) in [5.41, 5.74) is 0.764. The second-order valence-corrected chi connectivity index (χ2v) is 5.87. The number of fused-ring (bicyclic) bond motifs is 2. The molecule has 1 N–H and O–H groups in total. The van der Waals surface area contributed by atoms with Crippen LogP contribution >= 0.6 is 0 Å². The Hall–Kier alpha value is -3.33. The quantitative estimate of drug-likeness (QED) is 0.542. The van der Waals surface area contributed by atoms with Crippen molar-refractivity contribution in [1.82, 2.24) is 0 Å². The summed E-state index contributed by atoms with van der Waals surface area (Å²) in [5, 5.41) is 13.8. The zero-order valence-electron chi connectivity index (χ0n) is 13.7. The maximum absolute atomic E-state index is 13.4. The van der Waals surface area contributed by atoms with Gasteiger partial charge in [0.15, 0.2) is 0 Å². The molecule has 0 aliphatic rings. The number of aromatic hydroxyl groups is 1. The van der Waals surface area contributed by atoms with Crippen LogP contribution in [-0.4, -0.2) is 18.0 Å². The normalized spacial score (nSPS) is 10.9. The molecule has 0 spiro atoms. The molecule has 0 unspecified atom stereocenters. The number of phenols is 1. The molecule has 25 heavy (non-hydrogen) atoms. The van der Waals surface area contributed by atoms with E-state index in [2.05, 4.69) is 0 Å². The first-order valence-electron chi connectivity index (χ1n) is 8.02. The standard InChI is InChI=1S/C22H16O3/c1-25-19-13-11-15-7-3-5-9-17(15)21(19)22(24)20-16-8-4-2-6-14(16)10-12-18(20)23/h2-13,23H,1H3. The Morgan fingerprint density at radius 2 is 1.32 bits per heavy atom. The molecule has 0 amide bonds. The van der Waals surface area contributed by atoms with E-state index < -0.39 is 0 Å². The van der Waals surface area contributed by atoms with Crippen LogP contribution in [0.3, 0.4) is 0 Å². The Balaban J connectivity index is 2.05. The molecule has 0 aliphatic heterocycles. The molecule has 0 aromatic heterocycles. The minimum atomic E-state index is -0.247. The second kappa shape index (κ2) is 5.95. The maximum Gasteiger partial charge on any atom is 0.201 e. The molecular formula is C22H16O3. The van der Waals surface area contributed by atoms with Gasteiger partial charge in [-0.05, 0) is 33.7 Å². The van der Waals surface area contributed by atoms with Crippen molar-refractivity contribution in [3.8, 4) is 11.5 Å². The highest BCUT2D eigenvalue weighted by Gasteiger charge is 2.22. The van der Waals surface area contributed by atoms with E-state index in [-0.39, 0.29) is 11.5 Å². The summed E-state index contributed by atoms with van der Waals surface area (Å²) in [7, 11) is 1.55. The molecule has 0 fully saturated rings. The van der Waals surface area contributed by atoms with Crippen LogP contribution in [0, 0.1) is 0 Å². The van der Waals surface area contributed by atoms with Crippen LogP contribution in [0.15, 0.2) is 72.8 Å². The Kier molecular flexibility index (Phi) is 3.62. The molecule has 3 heteroatoms. The van der Waals surface area contributed by atoms with Crippen molar-refractivity contribution in [1.29, 1.82) is 0 Å². The summed E-state index contributed by atoms with van der Waals surface area (Å²) in [5.74, 6) is 0.220. The fourth-order valence-electron chi connectivity index (χ4n) is 3.28. The van der Waals surface area contributed by atoms with Gasteiger partial charge in [0, 0.05) is 0 Å². The van der Waals surface area contributed by atoms with Crippen LogP contribution < -0.4 is 4.74 Å². The first-order chi connectivity index (χ1) is 12.2. The highest BCUT2D eigenvalue weighted by molar-refractivity contribution is 6.24. The van der Waals surface area contributed by atoms with Gasteiger partial charge in [0.2, 0.25) is 5.78 Å². The number of hydrogen-bond donors (Lipinski definition) is 1. The SMILES string of the molecule is COc1ccc2ccccc2c1C(=O)c1c(O)ccc2ccccc12. The molecular weight excluding hydrogens is 312 g/mol. The highest BCUT2D eigenvalue weighted by Crippen LogP contribution is 2.35. The number of carbonyl (C=O) groups excluding carboxylic acids is 1. The summed E-state index contributed by atoms with van der Waals surface area (Å²) in [4.78, 5) is 13.4. The minimum Gasteiger partial charge on any atom is -0.507 e. The van der Waals surface area contributed by atoms with Crippen LogP contribution in [-0.2, 0) is 0 Å². The molecule has 4 aromatic carbocycles. The first-order valence-corrected chi connectivity index (χ1v) is 8.02. The lowest BCUT2D eigenvalue weighted by Gasteiger charge is -2.13. The van der Waals surface area contributed by atoms with E-state index in [0.29, 0.717) is 16.9 Å². The van der Waals surface area contributed by atoms with Crippen molar-refractivity contribution in [2.75, 3.05) is 7.11 Å². The van der Waals surface area contributed by atoms with Crippen LogP contribution in [0.2, 0.25) is 0 Å². The van der Waals surface area contributed by atoms with Crippen molar-refractivity contribution >= 4 is 27.3 Å². The van der Waals surface area contributed by atoms with Gasteiger partial charge in [-0.25, -0.2) is 0 Å². The zero-order chi connectivity index (χ0) is 17.4. The average Bonchev–Trinajstić information content (AvgIpc) is 2.66. The van der Waals surface area contributed by atoms with Crippen molar-refractivity contribution in [2.45, 2.75) is 0 Å². The van der Waals surface area contributed by atoms with Gasteiger partial charge in [-0.2, -0.15) is 0 Å². The fraction of sp³-hybridized carbons (Fsp3) is 0.0455. The lowest BCUT2D eigenvalue weighted by molar-refractivity contribution is 0.103. The number of ketones is 1. The Morgan fingerprint density at radius 1 is 0.760 bits per heavy atom. The van der Waals surface area contributed by atoms with Crippen molar-refractivity contribution < 1.29 is 14.6 Å². The summed E-state index contributed by atoms with van der Waals surface area (Å²) in [6.45, 7) is 0. The minimum absolute atomic E-state index is 0.0290. The highest BCUT2D eigenvalue weighted by atomic mass is 16.5. The van der Waals surface area contributed by atoms with Crippen molar-refractivity contribution in [3.05, 3.63) is 83.9 Å². The van der Waals surface area contributed by atoms with E-state index in [1.165, 1.54) is 0 Å². The van der Waals surface area contributed by atoms with Crippen molar-refractivity contribution in [2.24, 2.45) is 0 Å². The van der Waals surface area contributed by atoms with Crippen LogP contribution in [0.1, 0.15) is 15.9 Å². The van der Waals surface area contributed by atoms with Gasteiger partial charge >= 0.3 is 0 Å². The molecule has 122 valence electrons. The molecule has 4 rings (SSSR count). The number of ether oxygens (including phenoxy) is 1. The predicted octanol–water partition coefficient (Wildman–Crippen LogP) is 4.94. The summed E-state index contributed by atoms with van der Waals surface area (Å²) in [6, 6.07) is 22.3. The molecule has 3 nitrogen and oxygen atoms in total. The molecule has 0 atom stereocenters. The largest absolute Gasteiger partial charge is 0.507 e. The zero-order valence-corrected chi connectivity index (χ0v) is 13.7. The Morgan fingerprint density at radius 3 is 1.96 bits per heavy atom. The van der Waals surface area contributed by atoms with Crippen LogP contribution in [0.4, 0.5) is 0 Å². The van der Waals surface area contributed by atoms with E-state index in [4.69, 9.17) is 4.74 Å². The topological polar surface area (TPSA) is 46.5 Å². The first kappa shape index (κ1) is 15.2. The maximum atomic E-state index is 13.4. The van der Waals surface area contributed by atoms with E-state index in [1.54, 1.807) is 19.2 Å². The number of hydrogen-bond acceptors (Lipinski definition) is 3. The summed E-state index contributed by atoms with van der Waals surface area (Å²) in [6.07, 6.45) is 0. The van der Waals surface area contributed by atoms with Gasteiger partial charge < -0.3 is 9.84 Å². The van der Waals surface area contributed by atoms with Gasteiger partial charge in [0.25, 0.3) is 0 Å². The van der Waals surface area contributed by atoms with E-state index >= 15 is 0 Å². The van der Waals surface area contributed by atoms with E-state index in [0.717, 1.165) is 21.5 Å². The summed E-state index contributed by atoms with van der Waals surface area (Å²) < 4.78 is 5.45. The third-order valence-corrected chi connectivity index (χ3v) is 4.47. The number of rotatable bonds is 3. The number of phenolic OH excluding ortho intramolecular Hbond substituents is 1. The molecule has 0 bridgehead atoms. The van der Waals surface area contributed by atoms with Gasteiger partial charge in [0.05, 0.1) is 18.2 Å². The van der Waals surface area contributed by atoms with Gasteiger partial charge in [0.1, 0.15) is 11.5 Å². The number of carbonyl (C=O) groups is 1. The third kappa shape index (κ3) is 2.41. The van der Waals surface area contributed by atoms with E-state index in [9.17, 15) is 9.90 Å². The van der Waals surface area contributed by atoms with Crippen LogP contribution in [0.5, 0.6) is 11.5 Å². The Bertz CT molecular complexity index is 1110. The Labute approximate surface area is 145 Å². The molecule has 0 heterocycles. The number of benzene rings is 4. The molecule has 0 radical (unpaired) electrons. The second-order valence-electron chi connectivity index (χ2n) is 5.87.